The number of aryl methyl sites for hydroxylation is 1. The Bertz CT molecular complexity index is 1180. The molecule has 0 spiro atoms. The van der Waals surface area contributed by atoms with Crippen LogP contribution in [0.4, 0.5) is 5.69 Å². The highest BCUT2D eigenvalue weighted by molar-refractivity contribution is 14.1. The third-order valence-electron chi connectivity index (χ3n) is 5.31. The molecule has 0 aromatic heterocycles. The molecule has 32 heavy (non-hydrogen) atoms. The summed E-state index contributed by atoms with van der Waals surface area (Å²) in [5, 5.41) is 2.97. The van der Waals surface area contributed by atoms with E-state index in [1.807, 2.05) is 43.3 Å². The monoisotopic (exact) mass is 562 g/mol. The van der Waals surface area contributed by atoms with Crippen molar-refractivity contribution in [2.75, 3.05) is 17.1 Å². The first-order valence-electron chi connectivity index (χ1n) is 10.3. The zero-order valence-corrected chi connectivity index (χ0v) is 21.4. The predicted molar refractivity (Wildman–Crippen MR) is 139 cm³/mol. The maximum Gasteiger partial charge on any atom is 0.251 e. The topological polar surface area (TPSA) is 66.5 Å². The van der Waals surface area contributed by atoms with E-state index in [2.05, 4.69) is 47.0 Å². The van der Waals surface area contributed by atoms with E-state index >= 15 is 0 Å². The number of rotatable bonds is 8. The van der Waals surface area contributed by atoms with Gasteiger partial charge in [-0.2, -0.15) is 0 Å². The minimum Gasteiger partial charge on any atom is -0.351 e. The van der Waals surface area contributed by atoms with Crippen LogP contribution in [-0.2, 0) is 16.6 Å². The molecule has 168 valence electrons. The van der Waals surface area contributed by atoms with Gasteiger partial charge in [0.25, 0.3) is 5.91 Å². The predicted octanol–water partition coefficient (Wildman–Crippen LogP) is 5.10. The van der Waals surface area contributed by atoms with Gasteiger partial charge in [0.2, 0.25) is 10.0 Å². The third kappa shape index (κ3) is 6.32. The van der Waals surface area contributed by atoms with E-state index in [1.54, 1.807) is 24.3 Å². The van der Waals surface area contributed by atoms with Crippen LogP contribution < -0.4 is 9.62 Å². The van der Waals surface area contributed by atoms with Crippen molar-refractivity contribution >= 4 is 44.2 Å². The van der Waals surface area contributed by atoms with Crippen molar-refractivity contribution in [2.45, 2.75) is 26.3 Å². The van der Waals surface area contributed by atoms with Crippen molar-refractivity contribution in [3.63, 3.8) is 0 Å². The molecule has 0 aliphatic heterocycles. The zero-order valence-electron chi connectivity index (χ0n) is 18.4. The zero-order chi connectivity index (χ0) is 23.3. The Labute approximate surface area is 204 Å². The summed E-state index contributed by atoms with van der Waals surface area (Å²) >= 11 is 2.21. The molecule has 0 saturated carbocycles. The summed E-state index contributed by atoms with van der Waals surface area (Å²) in [5.74, 6) is 0.0627. The molecular weight excluding hydrogens is 535 g/mol. The molecule has 0 radical (unpaired) electrons. The fraction of sp³-hybridized carbons (Fsp3) is 0.240. The fourth-order valence-corrected chi connectivity index (χ4v) is 5.05. The van der Waals surface area contributed by atoms with Gasteiger partial charge in [0, 0.05) is 15.7 Å². The van der Waals surface area contributed by atoms with Crippen molar-refractivity contribution in [2.24, 2.45) is 0 Å². The molecule has 3 aromatic rings. The molecule has 0 saturated heterocycles. The molecule has 0 aliphatic rings. The minimum atomic E-state index is -3.47. The SMILES string of the molecule is Cc1cc(I)ccc1N(Cc1ccc(C(=O)NCC(C)c2ccccc2)cc1)S(C)(=O)=O. The second-order valence-electron chi connectivity index (χ2n) is 7.92. The molecule has 0 aliphatic carbocycles. The number of anilines is 1. The van der Waals surface area contributed by atoms with Gasteiger partial charge in [-0.05, 0) is 82.5 Å². The first-order valence-corrected chi connectivity index (χ1v) is 13.2. The van der Waals surface area contributed by atoms with E-state index in [4.69, 9.17) is 0 Å². The summed E-state index contributed by atoms with van der Waals surface area (Å²) in [4.78, 5) is 12.6. The lowest BCUT2D eigenvalue weighted by molar-refractivity contribution is 0.0951. The molecule has 3 aromatic carbocycles. The fourth-order valence-electron chi connectivity index (χ4n) is 3.45. The number of nitrogens with zero attached hydrogens (tertiary/aromatic N) is 1. The van der Waals surface area contributed by atoms with E-state index in [-0.39, 0.29) is 18.4 Å². The number of sulfonamides is 1. The molecule has 1 amide bonds. The van der Waals surface area contributed by atoms with Crippen LogP contribution in [0.5, 0.6) is 0 Å². The average Bonchev–Trinajstić information content (AvgIpc) is 2.76. The molecule has 7 heteroatoms. The number of halogens is 1. The Balaban J connectivity index is 1.69. The van der Waals surface area contributed by atoms with Gasteiger partial charge < -0.3 is 5.32 Å². The first kappa shape index (κ1) is 24.3. The Morgan fingerprint density at radius 3 is 2.28 bits per heavy atom. The quantitative estimate of drug-likeness (QED) is 0.389. The molecule has 3 rings (SSSR count). The van der Waals surface area contributed by atoms with E-state index < -0.39 is 10.0 Å². The van der Waals surface area contributed by atoms with E-state index in [9.17, 15) is 13.2 Å². The van der Waals surface area contributed by atoms with Crippen molar-refractivity contribution in [1.29, 1.82) is 0 Å². The summed E-state index contributed by atoms with van der Waals surface area (Å²) in [6.45, 7) is 4.72. The summed E-state index contributed by atoms with van der Waals surface area (Å²) < 4.78 is 27.4. The van der Waals surface area contributed by atoms with E-state index in [0.717, 1.165) is 14.7 Å². The molecular formula is C25H27IN2O3S. The van der Waals surface area contributed by atoms with E-state index in [0.29, 0.717) is 17.8 Å². The molecule has 1 N–H and O–H groups in total. The molecule has 0 bridgehead atoms. The van der Waals surface area contributed by atoms with Crippen LogP contribution in [-0.4, -0.2) is 27.1 Å². The Morgan fingerprint density at radius 2 is 1.69 bits per heavy atom. The Hall–Kier alpha value is -2.39. The van der Waals surface area contributed by atoms with Gasteiger partial charge in [-0.1, -0.05) is 49.4 Å². The second-order valence-corrected chi connectivity index (χ2v) is 11.1. The van der Waals surface area contributed by atoms with Gasteiger partial charge in [0.15, 0.2) is 0 Å². The molecule has 0 heterocycles. The van der Waals surface area contributed by atoms with Crippen LogP contribution >= 0.6 is 22.6 Å². The highest BCUT2D eigenvalue weighted by Crippen LogP contribution is 2.26. The van der Waals surface area contributed by atoms with Gasteiger partial charge in [0.05, 0.1) is 18.5 Å². The number of hydrogen-bond donors (Lipinski definition) is 1. The van der Waals surface area contributed by atoms with Crippen molar-refractivity contribution < 1.29 is 13.2 Å². The highest BCUT2D eigenvalue weighted by atomic mass is 127. The summed E-state index contributed by atoms with van der Waals surface area (Å²) in [6, 6.07) is 22.8. The Kier molecular flexibility index (Phi) is 7.95. The number of hydrogen-bond acceptors (Lipinski definition) is 3. The standard InChI is InChI=1S/C25H27IN2O3S/c1-18-15-23(26)13-14-24(18)28(32(3,30)31)17-20-9-11-22(12-10-20)25(29)27-16-19(2)21-7-5-4-6-8-21/h4-15,19H,16-17H2,1-3H3,(H,27,29). The van der Waals surface area contributed by atoms with Gasteiger partial charge >= 0.3 is 0 Å². The highest BCUT2D eigenvalue weighted by Gasteiger charge is 2.20. The van der Waals surface area contributed by atoms with Crippen LogP contribution in [0.15, 0.2) is 72.8 Å². The lowest BCUT2D eigenvalue weighted by Crippen LogP contribution is -2.30. The molecule has 1 atom stereocenters. The summed E-state index contributed by atoms with van der Waals surface area (Å²) in [6.07, 6.45) is 1.21. The number of carbonyl (C=O) groups excluding carboxylic acids is 1. The number of nitrogens with one attached hydrogen (secondary N) is 1. The summed E-state index contributed by atoms with van der Waals surface area (Å²) in [7, 11) is -3.47. The van der Waals surface area contributed by atoms with Crippen molar-refractivity contribution in [3.8, 4) is 0 Å². The van der Waals surface area contributed by atoms with Crippen LogP contribution in [0.1, 0.15) is 39.9 Å². The van der Waals surface area contributed by atoms with E-state index in [1.165, 1.54) is 16.1 Å². The second kappa shape index (κ2) is 10.5. The lowest BCUT2D eigenvalue weighted by atomic mass is 10.0. The lowest BCUT2D eigenvalue weighted by Gasteiger charge is -2.24. The van der Waals surface area contributed by atoms with Gasteiger partial charge in [0.1, 0.15) is 0 Å². The number of benzene rings is 3. The van der Waals surface area contributed by atoms with Crippen molar-refractivity contribution in [1.82, 2.24) is 5.32 Å². The smallest absolute Gasteiger partial charge is 0.251 e. The van der Waals surface area contributed by atoms with Gasteiger partial charge in [-0.25, -0.2) is 8.42 Å². The maximum atomic E-state index is 12.6. The van der Waals surface area contributed by atoms with Crippen LogP contribution in [0, 0.1) is 10.5 Å². The Morgan fingerprint density at radius 1 is 1.03 bits per heavy atom. The molecule has 0 fully saturated rings. The van der Waals surface area contributed by atoms with Gasteiger partial charge in [-0.3, -0.25) is 9.10 Å². The van der Waals surface area contributed by atoms with Gasteiger partial charge in [-0.15, -0.1) is 0 Å². The largest absolute Gasteiger partial charge is 0.351 e. The maximum absolute atomic E-state index is 12.6. The molecule has 5 nitrogen and oxygen atoms in total. The number of carbonyl (C=O) groups is 1. The number of amides is 1. The minimum absolute atomic E-state index is 0.146. The van der Waals surface area contributed by atoms with Crippen molar-refractivity contribution in [3.05, 3.63) is 98.6 Å². The van der Waals surface area contributed by atoms with Crippen LogP contribution in [0.2, 0.25) is 0 Å². The summed E-state index contributed by atoms with van der Waals surface area (Å²) in [5.41, 5.74) is 4.08. The van der Waals surface area contributed by atoms with Crippen LogP contribution in [0.25, 0.3) is 0 Å². The molecule has 1 unspecified atom stereocenters. The third-order valence-corrected chi connectivity index (χ3v) is 7.11. The van der Waals surface area contributed by atoms with Crippen LogP contribution in [0.3, 0.4) is 0 Å². The first-order chi connectivity index (χ1) is 15.1. The average molecular weight is 562 g/mol. The normalized spacial score (nSPS) is 12.2.